The van der Waals surface area contributed by atoms with Gasteiger partial charge in [0, 0.05) is 12.1 Å². The topological polar surface area (TPSA) is 47.6 Å². The van der Waals surface area contributed by atoms with Crippen LogP contribution >= 0.6 is 0 Å². The van der Waals surface area contributed by atoms with Gasteiger partial charge >= 0.3 is 0 Å². The molecule has 1 amide bonds. The van der Waals surface area contributed by atoms with Crippen molar-refractivity contribution in [2.75, 3.05) is 14.2 Å². The average molecular weight is 313 g/mol. The summed E-state index contributed by atoms with van der Waals surface area (Å²) in [6, 6.07) is 11.5. The second-order valence-corrected chi connectivity index (χ2v) is 5.44. The molecule has 23 heavy (non-hydrogen) atoms. The third-order valence-electron chi connectivity index (χ3n) is 4.09. The first-order valence-electron chi connectivity index (χ1n) is 7.58. The summed E-state index contributed by atoms with van der Waals surface area (Å²) in [5, 5.41) is 2.97. The summed E-state index contributed by atoms with van der Waals surface area (Å²) in [6.07, 6.45) is 0.304. The molecule has 0 radical (unpaired) electrons. The summed E-state index contributed by atoms with van der Waals surface area (Å²) in [5.41, 5.74) is 4.22. The number of carbonyl (C=O) groups is 1. The molecule has 4 heteroatoms. The standard InChI is InChI=1S/C19H23NO3/c1-13-14(2)17(22-3)10-9-16(13)12-20-19(21)11-15-7-5-6-8-18(15)23-4/h5-10H,11-12H2,1-4H3,(H,20,21). The number of hydrogen-bond donors (Lipinski definition) is 1. The molecule has 0 saturated heterocycles. The quantitative estimate of drug-likeness (QED) is 0.891. The summed E-state index contributed by atoms with van der Waals surface area (Å²) in [4.78, 5) is 12.2. The summed E-state index contributed by atoms with van der Waals surface area (Å²) >= 11 is 0. The number of ether oxygens (including phenoxy) is 2. The van der Waals surface area contributed by atoms with Gasteiger partial charge in [-0.15, -0.1) is 0 Å². The van der Waals surface area contributed by atoms with Crippen LogP contribution in [0.4, 0.5) is 0 Å². The lowest BCUT2D eigenvalue weighted by Gasteiger charge is -2.13. The number of carbonyl (C=O) groups excluding carboxylic acids is 1. The van der Waals surface area contributed by atoms with E-state index < -0.39 is 0 Å². The molecular formula is C19H23NO3. The van der Waals surface area contributed by atoms with Crippen LogP contribution in [0, 0.1) is 13.8 Å². The fourth-order valence-corrected chi connectivity index (χ4v) is 2.54. The zero-order valence-electron chi connectivity index (χ0n) is 14.1. The maximum absolute atomic E-state index is 12.2. The molecule has 0 unspecified atom stereocenters. The van der Waals surface area contributed by atoms with Gasteiger partial charge in [0.2, 0.25) is 5.91 Å². The molecule has 0 spiro atoms. The van der Waals surface area contributed by atoms with Crippen LogP contribution in [0.5, 0.6) is 11.5 Å². The summed E-state index contributed by atoms with van der Waals surface area (Å²) in [5.74, 6) is 1.58. The van der Waals surface area contributed by atoms with E-state index in [1.807, 2.05) is 50.2 Å². The van der Waals surface area contributed by atoms with E-state index in [4.69, 9.17) is 9.47 Å². The van der Waals surface area contributed by atoms with Crippen molar-refractivity contribution in [3.05, 3.63) is 58.7 Å². The molecule has 2 aromatic rings. The Morgan fingerprint density at radius 2 is 1.61 bits per heavy atom. The zero-order chi connectivity index (χ0) is 16.8. The van der Waals surface area contributed by atoms with Gasteiger partial charge in [0.25, 0.3) is 0 Å². The largest absolute Gasteiger partial charge is 0.496 e. The minimum Gasteiger partial charge on any atom is -0.496 e. The lowest BCUT2D eigenvalue weighted by molar-refractivity contribution is -0.120. The van der Waals surface area contributed by atoms with Crippen LogP contribution in [0.2, 0.25) is 0 Å². The molecule has 0 aliphatic carbocycles. The Hall–Kier alpha value is -2.49. The van der Waals surface area contributed by atoms with Crippen LogP contribution in [-0.4, -0.2) is 20.1 Å². The number of rotatable bonds is 6. The van der Waals surface area contributed by atoms with Crippen molar-refractivity contribution in [2.45, 2.75) is 26.8 Å². The maximum atomic E-state index is 12.2. The van der Waals surface area contributed by atoms with E-state index in [9.17, 15) is 4.79 Å². The highest BCUT2D eigenvalue weighted by Gasteiger charge is 2.10. The van der Waals surface area contributed by atoms with Crippen molar-refractivity contribution in [3.63, 3.8) is 0 Å². The fourth-order valence-electron chi connectivity index (χ4n) is 2.54. The third-order valence-corrected chi connectivity index (χ3v) is 4.09. The molecule has 0 saturated carbocycles. The van der Waals surface area contributed by atoms with E-state index >= 15 is 0 Å². The van der Waals surface area contributed by atoms with Gasteiger partial charge in [-0.05, 0) is 42.7 Å². The summed E-state index contributed by atoms with van der Waals surface area (Å²) < 4.78 is 10.6. The maximum Gasteiger partial charge on any atom is 0.224 e. The lowest BCUT2D eigenvalue weighted by atomic mass is 10.0. The zero-order valence-corrected chi connectivity index (χ0v) is 14.1. The van der Waals surface area contributed by atoms with Crippen molar-refractivity contribution >= 4 is 5.91 Å². The Balaban J connectivity index is 2.01. The number of para-hydroxylation sites is 1. The molecular weight excluding hydrogens is 290 g/mol. The van der Waals surface area contributed by atoms with Crippen LogP contribution in [0.1, 0.15) is 22.3 Å². The molecule has 1 N–H and O–H groups in total. The van der Waals surface area contributed by atoms with Gasteiger partial charge in [-0.2, -0.15) is 0 Å². The van der Waals surface area contributed by atoms with Crippen LogP contribution in [0.3, 0.4) is 0 Å². The second-order valence-electron chi connectivity index (χ2n) is 5.44. The Morgan fingerprint density at radius 1 is 0.913 bits per heavy atom. The SMILES string of the molecule is COc1ccccc1CC(=O)NCc1ccc(OC)c(C)c1C. The number of methoxy groups -OCH3 is 2. The second kappa shape index (κ2) is 7.68. The highest BCUT2D eigenvalue weighted by Crippen LogP contribution is 2.24. The molecule has 2 aromatic carbocycles. The highest BCUT2D eigenvalue weighted by atomic mass is 16.5. The Labute approximate surface area is 137 Å². The van der Waals surface area contributed by atoms with E-state index in [0.717, 1.165) is 33.8 Å². The lowest BCUT2D eigenvalue weighted by Crippen LogP contribution is -2.25. The highest BCUT2D eigenvalue weighted by molar-refractivity contribution is 5.79. The Bertz CT molecular complexity index is 695. The normalized spacial score (nSPS) is 10.3. The number of benzene rings is 2. The molecule has 0 aromatic heterocycles. The third kappa shape index (κ3) is 4.03. The predicted molar refractivity (Wildman–Crippen MR) is 91.0 cm³/mol. The molecule has 2 rings (SSSR count). The molecule has 0 bridgehead atoms. The van der Waals surface area contributed by atoms with E-state index in [-0.39, 0.29) is 5.91 Å². The van der Waals surface area contributed by atoms with Gasteiger partial charge < -0.3 is 14.8 Å². The van der Waals surface area contributed by atoms with Gasteiger partial charge in [-0.25, -0.2) is 0 Å². The smallest absolute Gasteiger partial charge is 0.224 e. The minimum absolute atomic E-state index is 0.0256. The molecule has 0 heterocycles. The monoisotopic (exact) mass is 313 g/mol. The molecule has 0 aliphatic heterocycles. The van der Waals surface area contributed by atoms with Crippen molar-refractivity contribution in [2.24, 2.45) is 0 Å². The molecule has 0 fully saturated rings. The Morgan fingerprint density at radius 3 is 2.30 bits per heavy atom. The number of nitrogens with one attached hydrogen (secondary N) is 1. The molecule has 122 valence electrons. The average Bonchev–Trinajstić information content (AvgIpc) is 2.56. The van der Waals surface area contributed by atoms with Crippen molar-refractivity contribution in [1.82, 2.24) is 5.32 Å². The van der Waals surface area contributed by atoms with Crippen molar-refractivity contribution < 1.29 is 14.3 Å². The summed E-state index contributed by atoms with van der Waals surface area (Å²) in [6.45, 7) is 4.57. The van der Waals surface area contributed by atoms with E-state index in [1.54, 1.807) is 14.2 Å². The first-order chi connectivity index (χ1) is 11.1. The number of amides is 1. The van der Waals surface area contributed by atoms with Crippen molar-refractivity contribution in [1.29, 1.82) is 0 Å². The minimum atomic E-state index is -0.0256. The molecule has 0 atom stereocenters. The van der Waals surface area contributed by atoms with Crippen LogP contribution in [0.25, 0.3) is 0 Å². The fraction of sp³-hybridized carbons (Fsp3) is 0.316. The van der Waals surface area contributed by atoms with E-state index in [2.05, 4.69) is 5.32 Å². The first kappa shape index (κ1) is 16.9. The van der Waals surface area contributed by atoms with Gasteiger partial charge in [0.1, 0.15) is 11.5 Å². The van der Waals surface area contributed by atoms with Crippen LogP contribution in [-0.2, 0) is 17.8 Å². The van der Waals surface area contributed by atoms with Crippen molar-refractivity contribution in [3.8, 4) is 11.5 Å². The van der Waals surface area contributed by atoms with Gasteiger partial charge in [0.05, 0.1) is 20.6 Å². The Kier molecular flexibility index (Phi) is 5.63. The van der Waals surface area contributed by atoms with Gasteiger partial charge in [-0.3, -0.25) is 4.79 Å². The van der Waals surface area contributed by atoms with Crippen LogP contribution < -0.4 is 14.8 Å². The van der Waals surface area contributed by atoms with Gasteiger partial charge in [0.15, 0.2) is 0 Å². The van der Waals surface area contributed by atoms with E-state index in [0.29, 0.717) is 13.0 Å². The summed E-state index contributed by atoms with van der Waals surface area (Å²) in [7, 11) is 3.27. The first-order valence-corrected chi connectivity index (χ1v) is 7.58. The van der Waals surface area contributed by atoms with E-state index in [1.165, 1.54) is 0 Å². The molecule has 4 nitrogen and oxygen atoms in total. The van der Waals surface area contributed by atoms with Crippen LogP contribution in [0.15, 0.2) is 36.4 Å². The van der Waals surface area contributed by atoms with Gasteiger partial charge in [-0.1, -0.05) is 24.3 Å². The predicted octanol–water partition coefficient (Wildman–Crippen LogP) is 3.18. The molecule has 0 aliphatic rings. The number of hydrogen-bond acceptors (Lipinski definition) is 3.